The van der Waals surface area contributed by atoms with Gasteiger partial charge in [0, 0.05) is 16.7 Å². The van der Waals surface area contributed by atoms with Gasteiger partial charge >= 0.3 is 6.18 Å². The Hall–Kier alpha value is -0.970. The molecule has 1 aromatic rings. The fraction of sp³-hybridized carbons (Fsp3) is 0.417. The van der Waals surface area contributed by atoms with Gasteiger partial charge in [-0.3, -0.25) is 0 Å². The molecule has 0 spiro atoms. The number of nitriles is 1. The molecule has 0 aliphatic carbocycles. The highest BCUT2D eigenvalue weighted by atomic mass is 127. The third-order valence-electron chi connectivity index (χ3n) is 2.93. The quantitative estimate of drug-likeness (QED) is 0.708. The first-order valence-electron chi connectivity index (χ1n) is 5.49. The SMILES string of the molecule is N#Cc1cc(C(F)(F)F)cc(I)c1N1CCCC1. The Morgan fingerprint density at radius 1 is 1.22 bits per heavy atom. The molecule has 1 aromatic carbocycles. The number of hydrogen-bond acceptors (Lipinski definition) is 2. The van der Waals surface area contributed by atoms with Gasteiger partial charge in [-0.15, -0.1) is 0 Å². The van der Waals surface area contributed by atoms with Crippen LogP contribution in [-0.2, 0) is 6.18 Å². The van der Waals surface area contributed by atoms with Crippen LogP contribution in [0.3, 0.4) is 0 Å². The highest BCUT2D eigenvalue weighted by Gasteiger charge is 2.33. The van der Waals surface area contributed by atoms with Crippen molar-refractivity contribution in [3.05, 3.63) is 26.8 Å². The Balaban J connectivity index is 2.51. The van der Waals surface area contributed by atoms with E-state index in [1.54, 1.807) is 0 Å². The van der Waals surface area contributed by atoms with E-state index in [1.165, 1.54) is 0 Å². The second-order valence-corrected chi connectivity index (χ2v) is 5.32. The van der Waals surface area contributed by atoms with Crippen molar-refractivity contribution in [3.63, 3.8) is 0 Å². The van der Waals surface area contributed by atoms with Crippen LogP contribution in [0.15, 0.2) is 12.1 Å². The number of nitrogens with zero attached hydrogens (tertiary/aromatic N) is 2. The molecule has 0 atom stereocenters. The molecule has 6 heteroatoms. The lowest BCUT2D eigenvalue weighted by atomic mass is 10.1. The molecule has 1 saturated heterocycles. The standard InChI is InChI=1S/C12H10F3IN2/c13-12(14,15)9-5-8(7-17)11(10(16)6-9)18-3-1-2-4-18/h5-6H,1-4H2. The Kier molecular flexibility index (Phi) is 3.71. The number of anilines is 1. The third-order valence-corrected chi connectivity index (χ3v) is 3.76. The van der Waals surface area contributed by atoms with Crippen LogP contribution in [0, 0.1) is 14.9 Å². The highest BCUT2D eigenvalue weighted by molar-refractivity contribution is 14.1. The highest BCUT2D eigenvalue weighted by Crippen LogP contribution is 2.36. The maximum absolute atomic E-state index is 12.7. The summed E-state index contributed by atoms with van der Waals surface area (Å²) in [5.41, 5.74) is -0.00822. The van der Waals surface area contributed by atoms with E-state index in [1.807, 2.05) is 33.6 Å². The van der Waals surface area contributed by atoms with Crippen molar-refractivity contribution in [3.8, 4) is 6.07 Å². The molecule has 2 nitrogen and oxygen atoms in total. The summed E-state index contributed by atoms with van der Waals surface area (Å²) in [7, 11) is 0. The van der Waals surface area contributed by atoms with Gasteiger partial charge in [0.05, 0.1) is 16.8 Å². The smallest absolute Gasteiger partial charge is 0.370 e. The van der Waals surface area contributed by atoms with Gasteiger partial charge in [-0.2, -0.15) is 18.4 Å². The van der Waals surface area contributed by atoms with Crippen LogP contribution in [0.2, 0.25) is 0 Å². The molecule has 1 aliphatic heterocycles. The molecule has 18 heavy (non-hydrogen) atoms. The van der Waals surface area contributed by atoms with E-state index in [2.05, 4.69) is 0 Å². The van der Waals surface area contributed by atoms with E-state index >= 15 is 0 Å². The fourth-order valence-electron chi connectivity index (χ4n) is 2.11. The van der Waals surface area contributed by atoms with Crippen LogP contribution in [0.5, 0.6) is 0 Å². The van der Waals surface area contributed by atoms with Crippen molar-refractivity contribution < 1.29 is 13.2 Å². The number of hydrogen-bond donors (Lipinski definition) is 0. The molecule has 2 rings (SSSR count). The average molecular weight is 366 g/mol. The summed E-state index contributed by atoms with van der Waals surface area (Å²) >= 11 is 1.87. The molecule has 1 aliphatic rings. The van der Waals surface area contributed by atoms with Crippen LogP contribution in [0.4, 0.5) is 18.9 Å². The zero-order valence-corrected chi connectivity index (χ0v) is 11.5. The Morgan fingerprint density at radius 2 is 1.83 bits per heavy atom. The van der Waals surface area contributed by atoms with Gasteiger partial charge in [0.15, 0.2) is 0 Å². The topological polar surface area (TPSA) is 27.0 Å². The Labute approximate surface area is 117 Å². The Bertz CT molecular complexity index is 499. The average Bonchev–Trinajstić information content (AvgIpc) is 2.79. The van der Waals surface area contributed by atoms with Crippen molar-refractivity contribution in [2.24, 2.45) is 0 Å². The molecule has 0 aromatic heterocycles. The minimum Gasteiger partial charge on any atom is -0.370 e. The third kappa shape index (κ3) is 2.55. The minimum absolute atomic E-state index is 0.108. The largest absolute Gasteiger partial charge is 0.416 e. The summed E-state index contributed by atoms with van der Waals surface area (Å²) in [6.45, 7) is 1.60. The lowest BCUT2D eigenvalue weighted by molar-refractivity contribution is -0.137. The summed E-state index contributed by atoms with van der Waals surface area (Å²) in [6, 6.07) is 3.93. The van der Waals surface area contributed by atoms with Gasteiger partial charge < -0.3 is 4.90 Å². The van der Waals surface area contributed by atoms with Gasteiger partial charge in [0.1, 0.15) is 6.07 Å². The van der Waals surface area contributed by atoms with Gasteiger partial charge in [0.25, 0.3) is 0 Å². The number of halogens is 4. The molecule has 0 saturated carbocycles. The van der Waals surface area contributed by atoms with Crippen LogP contribution < -0.4 is 4.90 Å². The zero-order chi connectivity index (χ0) is 13.3. The molecule has 1 fully saturated rings. The van der Waals surface area contributed by atoms with Gasteiger partial charge in [-0.25, -0.2) is 0 Å². The Morgan fingerprint density at radius 3 is 2.33 bits per heavy atom. The van der Waals surface area contributed by atoms with E-state index < -0.39 is 11.7 Å². The maximum atomic E-state index is 12.7. The van der Waals surface area contributed by atoms with E-state index in [9.17, 15) is 13.2 Å². The minimum atomic E-state index is -4.41. The van der Waals surface area contributed by atoms with Gasteiger partial charge in [0.2, 0.25) is 0 Å². The number of benzene rings is 1. The molecule has 0 unspecified atom stereocenters. The zero-order valence-electron chi connectivity index (χ0n) is 9.39. The summed E-state index contributed by atoms with van der Waals surface area (Å²) < 4.78 is 38.5. The molecular formula is C12H10F3IN2. The van der Waals surface area contributed by atoms with Gasteiger partial charge in [-0.1, -0.05) is 0 Å². The van der Waals surface area contributed by atoms with Crippen molar-refractivity contribution in [2.75, 3.05) is 18.0 Å². The number of alkyl halides is 3. The maximum Gasteiger partial charge on any atom is 0.416 e. The van der Waals surface area contributed by atoms with E-state index in [0.29, 0.717) is 9.26 Å². The lowest BCUT2D eigenvalue weighted by Gasteiger charge is -2.22. The van der Waals surface area contributed by atoms with Crippen LogP contribution in [-0.4, -0.2) is 13.1 Å². The van der Waals surface area contributed by atoms with Crippen molar-refractivity contribution >= 4 is 28.3 Å². The predicted molar refractivity (Wildman–Crippen MR) is 70.3 cm³/mol. The summed E-state index contributed by atoms with van der Waals surface area (Å²) in [4.78, 5) is 1.99. The molecular weight excluding hydrogens is 356 g/mol. The molecule has 0 radical (unpaired) electrons. The molecule has 0 amide bonds. The molecule has 0 N–H and O–H groups in total. The second kappa shape index (κ2) is 4.96. The molecule has 1 heterocycles. The fourth-order valence-corrected chi connectivity index (χ4v) is 3.08. The van der Waals surface area contributed by atoms with Crippen LogP contribution >= 0.6 is 22.6 Å². The van der Waals surface area contributed by atoms with Crippen molar-refractivity contribution in [1.29, 1.82) is 5.26 Å². The number of rotatable bonds is 1. The second-order valence-electron chi connectivity index (χ2n) is 4.16. The first-order valence-corrected chi connectivity index (χ1v) is 6.57. The van der Waals surface area contributed by atoms with Crippen LogP contribution in [0.25, 0.3) is 0 Å². The molecule has 96 valence electrons. The molecule has 0 bridgehead atoms. The van der Waals surface area contributed by atoms with Crippen molar-refractivity contribution in [2.45, 2.75) is 19.0 Å². The first kappa shape index (κ1) is 13.5. The van der Waals surface area contributed by atoms with E-state index in [4.69, 9.17) is 5.26 Å². The monoisotopic (exact) mass is 366 g/mol. The normalized spacial score (nSPS) is 15.8. The summed E-state index contributed by atoms with van der Waals surface area (Å²) in [6.07, 6.45) is -2.38. The lowest BCUT2D eigenvalue weighted by Crippen LogP contribution is -2.21. The van der Waals surface area contributed by atoms with E-state index in [0.717, 1.165) is 38.1 Å². The van der Waals surface area contributed by atoms with Gasteiger partial charge in [-0.05, 0) is 47.6 Å². The van der Waals surface area contributed by atoms with Crippen LogP contribution in [0.1, 0.15) is 24.0 Å². The summed E-state index contributed by atoms with van der Waals surface area (Å²) in [5.74, 6) is 0. The van der Waals surface area contributed by atoms with Crippen molar-refractivity contribution in [1.82, 2.24) is 0 Å². The first-order chi connectivity index (χ1) is 8.43. The predicted octanol–water partition coefficient (Wildman–Crippen LogP) is 3.78. The summed E-state index contributed by atoms with van der Waals surface area (Å²) in [5, 5.41) is 9.05. The van der Waals surface area contributed by atoms with E-state index in [-0.39, 0.29) is 5.56 Å².